The van der Waals surface area contributed by atoms with Crippen molar-refractivity contribution in [1.29, 1.82) is 0 Å². The largest absolute Gasteiger partial charge is 0.398 e. The van der Waals surface area contributed by atoms with Crippen LogP contribution in [-0.4, -0.2) is 21.5 Å². The summed E-state index contributed by atoms with van der Waals surface area (Å²) in [5.41, 5.74) is 8.81. The highest BCUT2D eigenvalue weighted by atomic mass is 15.0. The highest BCUT2D eigenvalue weighted by Gasteiger charge is 2.15. The zero-order valence-electron chi connectivity index (χ0n) is 12.0. The van der Waals surface area contributed by atoms with Crippen molar-refractivity contribution in [2.45, 2.75) is 32.7 Å². The fourth-order valence-electron chi connectivity index (χ4n) is 2.10. The number of hydrogen-bond donors (Lipinski definition) is 2. The van der Waals surface area contributed by atoms with Crippen molar-refractivity contribution in [3.8, 4) is 0 Å². The maximum absolute atomic E-state index is 6.00. The molecule has 3 N–H and O–H groups in total. The molecule has 2 rings (SSSR count). The first-order valence-corrected chi connectivity index (χ1v) is 6.92. The molecule has 0 aliphatic heterocycles. The summed E-state index contributed by atoms with van der Waals surface area (Å²) in [5.74, 6) is 0.782. The van der Waals surface area contributed by atoms with Gasteiger partial charge in [0.15, 0.2) is 0 Å². The van der Waals surface area contributed by atoms with Crippen LogP contribution >= 0.6 is 0 Å². The Bertz CT molecular complexity index is 555. The zero-order valence-corrected chi connectivity index (χ0v) is 12.0. The van der Waals surface area contributed by atoms with Gasteiger partial charge >= 0.3 is 0 Å². The summed E-state index contributed by atoms with van der Waals surface area (Å²) in [6.45, 7) is 4.99. The van der Waals surface area contributed by atoms with Crippen LogP contribution in [0.2, 0.25) is 0 Å². The SMILES string of the molecule is CCCNC(Cc1cnccc1N)c1ccnc(C)n1. The number of rotatable bonds is 6. The molecule has 0 aromatic carbocycles. The summed E-state index contributed by atoms with van der Waals surface area (Å²) in [6.07, 6.45) is 7.18. The second-order valence-corrected chi connectivity index (χ2v) is 4.81. The molecule has 0 bridgehead atoms. The van der Waals surface area contributed by atoms with Gasteiger partial charge in [0, 0.05) is 24.3 Å². The van der Waals surface area contributed by atoms with Crippen LogP contribution < -0.4 is 11.1 Å². The Morgan fingerprint density at radius 3 is 2.85 bits per heavy atom. The van der Waals surface area contributed by atoms with E-state index in [1.54, 1.807) is 12.4 Å². The predicted molar refractivity (Wildman–Crippen MR) is 80.2 cm³/mol. The molecule has 106 valence electrons. The van der Waals surface area contributed by atoms with Crippen LogP contribution in [0, 0.1) is 6.92 Å². The third-order valence-corrected chi connectivity index (χ3v) is 3.16. The molecule has 2 aromatic heterocycles. The van der Waals surface area contributed by atoms with Crippen molar-refractivity contribution in [2.24, 2.45) is 0 Å². The fraction of sp³-hybridized carbons (Fsp3) is 0.400. The average Bonchev–Trinajstić information content (AvgIpc) is 2.45. The summed E-state index contributed by atoms with van der Waals surface area (Å²) < 4.78 is 0. The third kappa shape index (κ3) is 3.74. The Labute approximate surface area is 119 Å². The maximum atomic E-state index is 6.00. The molecule has 0 radical (unpaired) electrons. The summed E-state index contributed by atoms with van der Waals surface area (Å²) in [6, 6.07) is 3.91. The lowest BCUT2D eigenvalue weighted by Crippen LogP contribution is -2.25. The summed E-state index contributed by atoms with van der Waals surface area (Å²) in [5, 5.41) is 3.52. The van der Waals surface area contributed by atoms with Gasteiger partial charge in [0.2, 0.25) is 0 Å². The maximum Gasteiger partial charge on any atom is 0.125 e. The second-order valence-electron chi connectivity index (χ2n) is 4.81. The van der Waals surface area contributed by atoms with Gasteiger partial charge in [0.1, 0.15) is 5.82 Å². The number of nitrogens with zero attached hydrogens (tertiary/aromatic N) is 3. The lowest BCUT2D eigenvalue weighted by Gasteiger charge is -2.19. The summed E-state index contributed by atoms with van der Waals surface area (Å²) in [7, 11) is 0. The molecular formula is C15H21N5. The number of aromatic nitrogens is 3. The number of pyridine rings is 1. The van der Waals surface area contributed by atoms with Crippen LogP contribution in [0.4, 0.5) is 5.69 Å². The van der Waals surface area contributed by atoms with Crippen molar-refractivity contribution in [2.75, 3.05) is 12.3 Å². The van der Waals surface area contributed by atoms with Gasteiger partial charge in [-0.1, -0.05) is 6.92 Å². The summed E-state index contributed by atoms with van der Waals surface area (Å²) >= 11 is 0. The molecule has 0 saturated heterocycles. The van der Waals surface area contributed by atoms with Gasteiger partial charge in [-0.2, -0.15) is 0 Å². The van der Waals surface area contributed by atoms with E-state index in [2.05, 4.69) is 27.2 Å². The van der Waals surface area contributed by atoms with E-state index in [0.717, 1.165) is 42.2 Å². The molecule has 0 spiro atoms. The van der Waals surface area contributed by atoms with Crippen LogP contribution in [-0.2, 0) is 6.42 Å². The van der Waals surface area contributed by atoms with Gasteiger partial charge in [-0.15, -0.1) is 0 Å². The highest BCUT2D eigenvalue weighted by Crippen LogP contribution is 2.20. The normalized spacial score (nSPS) is 12.3. The first-order chi connectivity index (χ1) is 9.70. The number of nitrogens with two attached hydrogens (primary N) is 1. The van der Waals surface area contributed by atoms with E-state index in [1.807, 2.05) is 25.3 Å². The van der Waals surface area contributed by atoms with E-state index in [9.17, 15) is 0 Å². The molecule has 2 heterocycles. The lowest BCUT2D eigenvalue weighted by atomic mass is 10.0. The first kappa shape index (κ1) is 14.4. The van der Waals surface area contributed by atoms with Gasteiger partial charge < -0.3 is 11.1 Å². The van der Waals surface area contributed by atoms with E-state index in [1.165, 1.54) is 0 Å². The van der Waals surface area contributed by atoms with E-state index in [-0.39, 0.29) is 6.04 Å². The first-order valence-electron chi connectivity index (χ1n) is 6.92. The molecule has 5 heteroatoms. The molecule has 5 nitrogen and oxygen atoms in total. The van der Waals surface area contributed by atoms with E-state index >= 15 is 0 Å². The van der Waals surface area contributed by atoms with Crippen molar-refractivity contribution in [3.63, 3.8) is 0 Å². The molecule has 0 saturated carbocycles. The van der Waals surface area contributed by atoms with Gasteiger partial charge in [-0.3, -0.25) is 4.98 Å². The minimum atomic E-state index is 0.128. The van der Waals surface area contributed by atoms with Gasteiger partial charge in [-0.05, 0) is 44.0 Å². The highest BCUT2D eigenvalue weighted by molar-refractivity contribution is 5.45. The molecule has 1 unspecified atom stereocenters. The smallest absolute Gasteiger partial charge is 0.125 e. The third-order valence-electron chi connectivity index (χ3n) is 3.16. The topological polar surface area (TPSA) is 76.7 Å². The molecule has 0 fully saturated rings. The standard InChI is InChI=1S/C15H21N5/c1-3-6-19-15(14-5-8-18-11(2)20-14)9-12-10-17-7-4-13(12)16/h4-5,7-8,10,15,19H,3,6,9H2,1-2H3,(H2,16,17). The molecule has 1 atom stereocenters. The molecule has 20 heavy (non-hydrogen) atoms. The van der Waals surface area contributed by atoms with Crippen LogP contribution in [0.25, 0.3) is 0 Å². The van der Waals surface area contributed by atoms with Crippen LogP contribution in [0.1, 0.15) is 36.5 Å². The number of hydrogen-bond acceptors (Lipinski definition) is 5. The van der Waals surface area contributed by atoms with Crippen LogP contribution in [0.15, 0.2) is 30.7 Å². The molecule has 0 aliphatic rings. The van der Waals surface area contributed by atoms with Gasteiger partial charge in [0.05, 0.1) is 11.7 Å². The minimum absolute atomic E-state index is 0.128. The Morgan fingerprint density at radius 2 is 2.15 bits per heavy atom. The van der Waals surface area contributed by atoms with Gasteiger partial charge in [0.25, 0.3) is 0 Å². The van der Waals surface area contributed by atoms with Crippen molar-refractivity contribution in [1.82, 2.24) is 20.3 Å². The minimum Gasteiger partial charge on any atom is -0.398 e. The van der Waals surface area contributed by atoms with E-state index in [4.69, 9.17) is 5.73 Å². The number of anilines is 1. The lowest BCUT2D eigenvalue weighted by molar-refractivity contribution is 0.515. The predicted octanol–water partition coefficient (Wildman–Crippen LogP) is 2.05. The molecule has 2 aromatic rings. The number of nitrogen functional groups attached to an aromatic ring is 1. The Hall–Kier alpha value is -2.01. The molecular weight excluding hydrogens is 250 g/mol. The fourth-order valence-corrected chi connectivity index (χ4v) is 2.10. The Balaban J connectivity index is 2.21. The van der Waals surface area contributed by atoms with E-state index < -0.39 is 0 Å². The quantitative estimate of drug-likeness (QED) is 0.841. The summed E-state index contributed by atoms with van der Waals surface area (Å²) in [4.78, 5) is 12.8. The number of nitrogens with one attached hydrogen (secondary N) is 1. The molecule has 0 amide bonds. The van der Waals surface area contributed by atoms with Crippen LogP contribution in [0.5, 0.6) is 0 Å². The van der Waals surface area contributed by atoms with Crippen molar-refractivity contribution in [3.05, 3.63) is 47.8 Å². The Kier molecular flexibility index (Phi) is 5.01. The monoisotopic (exact) mass is 271 g/mol. The molecule has 0 aliphatic carbocycles. The van der Waals surface area contributed by atoms with E-state index in [0.29, 0.717) is 0 Å². The van der Waals surface area contributed by atoms with Gasteiger partial charge in [-0.25, -0.2) is 9.97 Å². The average molecular weight is 271 g/mol. The Morgan fingerprint density at radius 1 is 1.30 bits per heavy atom. The number of aryl methyl sites for hydroxylation is 1. The van der Waals surface area contributed by atoms with Crippen molar-refractivity contribution < 1.29 is 0 Å². The zero-order chi connectivity index (χ0) is 14.4. The van der Waals surface area contributed by atoms with Crippen molar-refractivity contribution >= 4 is 5.69 Å². The second kappa shape index (κ2) is 6.96. The van der Waals surface area contributed by atoms with Crippen LogP contribution in [0.3, 0.4) is 0 Å².